The summed E-state index contributed by atoms with van der Waals surface area (Å²) in [7, 11) is 0. The fraction of sp³-hybridized carbons (Fsp3) is 0.625. The molecule has 1 saturated heterocycles. The molecule has 0 radical (unpaired) electrons. The fourth-order valence-electron chi connectivity index (χ4n) is 1.56. The molecule has 1 aliphatic rings. The van der Waals surface area contributed by atoms with Gasteiger partial charge in [0.15, 0.2) is 0 Å². The van der Waals surface area contributed by atoms with Gasteiger partial charge >= 0.3 is 0 Å². The largest absolute Gasteiger partial charge is 0.394 e. The summed E-state index contributed by atoms with van der Waals surface area (Å²) in [5, 5.41) is 27.9. The molecule has 0 bridgehead atoms. The van der Waals surface area contributed by atoms with E-state index >= 15 is 0 Å². The van der Waals surface area contributed by atoms with E-state index in [-0.39, 0.29) is 6.61 Å². The molecular formula is C8H12N2O4. The first kappa shape index (κ1) is 9.60. The van der Waals surface area contributed by atoms with Crippen LogP contribution in [0.4, 0.5) is 0 Å². The van der Waals surface area contributed by atoms with Crippen molar-refractivity contribution < 1.29 is 20.1 Å². The molecule has 1 aliphatic heterocycles. The number of H-pyrrole nitrogens is 1. The van der Waals surface area contributed by atoms with Crippen LogP contribution in [0, 0.1) is 0 Å². The van der Waals surface area contributed by atoms with Crippen LogP contribution in [-0.2, 0) is 4.74 Å². The lowest BCUT2D eigenvalue weighted by Crippen LogP contribution is -2.32. The molecule has 0 aliphatic carbocycles. The summed E-state index contributed by atoms with van der Waals surface area (Å²) in [5.74, 6) is 0.451. The third kappa shape index (κ3) is 1.42. The van der Waals surface area contributed by atoms with E-state index < -0.39 is 24.4 Å². The van der Waals surface area contributed by atoms with Crippen molar-refractivity contribution in [1.82, 2.24) is 9.97 Å². The molecule has 1 fully saturated rings. The van der Waals surface area contributed by atoms with Crippen molar-refractivity contribution in [2.75, 3.05) is 6.61 Å². The molecule has 1 aromatic rings. The zero-order valence-electron chi connectivity index (χ0n) is 7.37. The van der Waals surface area contributed by atoms with Gasteiger partial charge in [-0.3, -0.25) is 0 Å². The fourth-order valence-corrected chi connectivity index (χ4v) is 1.56. The van der Waals surface area contributed by atoms with Crippen LogP contribution in [0.1, 0.15) is 11.9 Å². The molecule has 1 unspecified atom stereocenters. The maximum absolute atomic E-state index is 9.58. The molecule has 2 heterocycles. The number of ether oxygens (including phenoxy) is 1. The van der Waals surface area contributed by atoms with Crippen molar-refractivity contribution in [3.8, 4) is 0 Å². The monoisotopic (exact) mass is 200 g/mol. The highest BCUT2D eigenvalue weighted by molar-refractivity contribution is 5.02. The van der Waals surface area contributed by atoms with Crippen LogP contribution in [0.2, 0.25) is 0 Å². The highest BCUT2D eigenvalue weighted by atomic mass is 16.6. The molecule has 1 aromatic heterocycles. The van der Waals surface area contributed by atoms with Crippen molar-refractivity contribution in [1.29, 1.82) is 0 Å². The first-order chi connectivity index (χ1) is 6.74. The topological polar surface area (TPSA) is 98.6 Å². The van der Waals surface area contributed by atoms with E-state index in [0.717, 1.165) is 0 Å². The van der Waals surface area contributed by atoms with Gasteiger partial charge in [0, 0.05) is 12.4 Å². The van der Waals surface area contributed by atoms with Crippen LogP contribution in [0.5, 0.6) is 0 Å². The first-order valence-corrected chi connectivity index (χ1v) is 4.35. The molecule has 6 heteroatoms. The van der Waals surface area contributed by atoms with Crippen LogP contribution in [0.25, 0.3) is 0 Å². The van der Waals surface area contributed by atoms with Crippen molar-refractivity contribution in [3.63, 3.8) is 0 Å². The third-order valence-electron chi connectivity index (χ3n) is 2.33. The molecule has 4 N–H and O–H groups in total. The van der Waals surface area contributed by atoms with Gasteiger partial charge in [0.05, 0.1) is 6.61 Å². The molecule has 6 nitrogen and oxygen atoms in total. The highest BCUT2D eigenvalue weighted by Crippen LogP contribution is 2.31. The Bertz CT molecular complexity index is 290. The van der Waals surface area contributed by atoms with Crippen LogP contribution in [0.3, 0.4) is 0 Å². The van der Waals surface area contributed by atoms with Crippen LogP contribution in [-0.4, -0.2) is 50.2 Å². The molecule has 14 heavy (non-hydrogen) atoms. The molecule has 78 valence electrons. The number of hydrogen-bond donors (Lipinski definition) is 4. The second-order valence-electron chi connectivity index (χ2n) is 3.23. The number of rotatable bonds is 2. The number of hydrogen-bond acceptors (Lipinski definition) is 5. The van der Waals surface area contributed by atoms with Gasteiger partial charge in [0.1, 0.15) is 30.2 Å². The molecule has 0 aromatic carbocycles. The Morgan fingerprint density at radius 3 is 2.71 bits per heavy atom. The van der Waals surface area contributed by atoms with Crippen molar-refractivity contribution in [3.05, 3.63) is 18.2 Å². The number of aromatic nitrogens is 2. The SMILES string of the molecule is OC[C@H]1OC(c2ncc[nH]2)[C@H](O)[C@H]1O. The summed E-state index contributed by atoms with van der Waals surface area (Å²) in [6.07, 6.45) is -0.445. The Morgan fingerprint density at radius 1 is 1.43 bits per heavy atom. The third-order valence-corrected chi connectivity index (χ3v) is 2.33. The normalized spacial score (nSPS) is 37.6. The van der Waals surface area contributed by atoms with E-state index in [1.165, 1.54) is 6.20 Å². The predicted octanol–water partition coefficient (Wildman–Crippen LogP) is -1.44. The minimum atomic E-state index is -1.07. The van der Waals surface area contributed by atoms with Crippen LogP contribution in [0.15, 0.2) is 12.4 Å². The summed E-state index contributed by atoms with van der Waals surface area (Å²) < 4.78 is 5.24. The summed E-state index contributed by atoms with van der Waals surface area (Å²) >= 11 is 0. The first-order valence-electron chi connectivity index (χ1n) is 4.35. The Kier molecular flexibility index (Phi) is 2.51. The van der Waals surface area contributed by atoms with E-state index in [9.17, 15) is 10.2 Å². The van der Waals surface area contributed by atoms with E-state index in [1.54, 1.807) is 6.20 Å². The standard InChI is InChI=1S/C8H12N2O4/c11-3-4-5(12)6(13)7(14-4)8-9-1-2-10-8/h1-2,4-7,11-13H,3H2,(H,9,10)/t4-,5+,6-,7?/m1/s1. The lowest BCUT2D eigenvalue weighted by Gasteiger charge is -2.11. The lowest BCUT2D eigenvalue weighted by molar-refractivity contribution is -0.0250. The van der Waals surface area contributed by atoms with Crippen molar-refractivity contribution >= 4 is 0 Å². The minimum Gasteiger partial charge on any atom is -0.394 e. The molecule has 0 spiro atoms. The van der Waals surface area contributed by atoms with Crippen LogP contribution < -0.4 is 0 Å². The Morgan fingerprint density at radius 2 is 2.21 bits per heavy atom. The van der Waals surface area contributed by atoms with E-state index in [2.05, 4.69) is 9.97 Å². The smallest absolute Gasteiger partial charge is 0.144 e. The number of nitrogens with one attached hydrogen (secondary N) is 1. The number of aliphatic hydroxyl groups is 3. The summed E-state index contributed by atoms with van der Waals surface area (Å²) in [4.78, 5) is 6.70. The van der Waals surface area contributed by atoms with E-state index in [1.807, 2.05) is 0 Å². The summed E-state index contributed by atoms with van der Waals surface area (Å²) in [6.45, 7) is -0.324. The average molecular weight is 200 g/mol. The second-order valence-corrected chi connectivity index (χ2v) is 3.23. The predicted molar refractivity (Wildman–Crippen MR) is 45.3 cm³/mol. The molecule has 4 atom stereocenters. The molecule has 2 rings (SSSR count). The second kappa shape index (κ2) is 3.66. The van der Waals surface area contributed by atoms with Gasteiger partial charge < -0.3 is 25.0 Å². The van der Waals surface area contributed by atoms with Gasteiger partial charge in [0.2, 0.25) is 0 Å². The Hall–Kier alpha value is -0.950. The zero-order chi connectivity index (χ0) is 10.1. The molecular weight excluding hydrogens is 188 g/mol. The van der Waals surface area contributed by atoms with Crippen molar-refractivity contribution in [2.45, 2.75) is 24.4 Å². The van der Waals surface area contributed by atoms with Gasteiger partial charge in [-0.25, -0.2) is 4.98 Å². The van der Waals surface area contributed by atoms with Gasteiger partial charge in [0.25, 0.3) is 0 Å². The van der Waals surface area contributed by atoms with E-state index in [0.29, 0.717) is 5.82 Å². The summed E-state index contributed by atoms with van der Waals surface area (Å²) in [6, 6.07) is 0. The minimum absolute atomic E-state index is 0.324. The van der Waals surface area contributed by atoms with Crippen molar-refractivity contribution in [2.24, 2.45) is 0 Å². The maximum Gasteiger partial charge on any atom is 0.144 e. The molecule has 0 saturated carbocycles. The quantitative estimate of drug-likeness (QED) is 0.469. The van der Waals surface area contributed by atoms with Gasteiger partial charge in [-0.2, -0.15) is 0 Å². The number of imidazole rings is 1. The van der Waals surface area contributed by atoms with Crippen LogP contribution >= 0.6 is 0 Å². The summed E-state index contributed by atoms with van der Waals surface area (Å²) in [5.41, 5.74) is 0. The van der Waals surface area contributed by atoms with E-state index in [4.69, 9.17) is 9.84 Å². The Balaban J connectivity index is 2.16. The number of aromatic amines is 1. The average Bonchev–Trinajstić information content (AvgIpc) is 2.78. The van der Waals surface area contributed by atoms with Gasteiger partial charge in [-0.15, -0.1) is 0 Å². The number of aliphatic hydroxyl groups excluding tert-OH is 3. The van der Waals surface area contributed by atoms with Gasteiger partial charge in [-0.1, -0.05) is 0 Å². The highest BCUT2D eigenvalue weighted by Gasteiger charge is 2.44. The van der Waals surface area contributed by atoms with Gasteiger partial charge in [-0.05, 0) is 0 Å². The zero-order valence-corrected chi connectivity index (χ0v) is 7.37. The lowest BCUT2D eigenvalue weighted by atomic mass is 10.1. The Labute approximate surface area is 80.2 Å². The molecule has 0 amide bonds. The maximum atomic E-state index is 9.58. The number of nitrogens with zero attached hydrogens (tertiary/aromatic N) is 1.